The van der Waals surface area contributed by atoms with Crippen LogP contribution in [0.1, 0.15) is 43.7 Å². The molecule has 3 rings (SSSR count). The molecule has 2 fully saturated rings. The highest BCUT2D eigenvalue weighted by molar-refractivity contribution is 5.82. The second-order valence-electron chi connectivity index (χ2n) is 7.58. The summed E-state index contributed by atoms with van der Waals surface area (Å²) in [6, 6.07) is 8.75. The van der Waals surface area contributed by atoms with Crippen LogP contribution < -0.4 is 0 Å². The van der Waals surface area contributed by atoms with Gasteiger partial charge < -0.3 is 4.90 Å². The van der Waals surface area contributed by atoms with Gasteiger partial charge in [0.1, 0.15) is 0 Å². The van der Waals surface area contributed by atoms with E-state index < -0.39 is 0 Å². The van der Waals surface area contributed by atoms with Gasteiger partial charge in [-0.2, -0.15) is 0 Å². The average Bonchev–Trinajstić information content (AvgIpc) is 2.64. The summed E-state index contributed by atoms with van der Waals surface area (Å²) in [5, 5.41) is 0. The first kappa shape index (κ1) is 18.4. The van der Waals surface area contributed by atoms with E-state index in [9.17, 15) is 4.79 Å². The number of hydrogen-bond acceptors (Lipinski definition) is 3. The molecule has 25 heavy (non-hydrogen) atoms. The number of carbonyl (C=O) groups is 1. The van der Waals surface area contributed by atoms with Crippen LogP contribution in [0.4, 0.5) is 0 Å². The Hall–Kier alpha value is -1.39. The van der Waals surface area contributed by atoms with Gasteiger partial charge in [0.05, 0.1) is 6.04 Å². The summed E-state index contributed by atoms with van der Waals surface area (Å²) in [7, 11) is 0. The number of piperazine rings is 1. The van der Waals surface area contributed by atoms with Crippen molar-refractivity contribution in [2.24, 2.45) is 0 Å². The maximum Gasteiger partial charge on any atom is 0.240 e. The van der Waals surface area contributed by atoms with Gasteiger partial charge in [0.15, 0.2) is 0 Å². The minimum Gasteiger partial charge on any atom is -0.339 e. The molecular weight excluding hydrogens is 310 g/mol. The van der Waals surface area contributed by atoms with Gasteiger partial charge in [0.2, 0.25) is 5.91 Å². The highest BCUT2D eigenvalue weighted by Crippen LogP contribution is 2.20. The van der Waals surface area contributed by atoms with Crippen LogP contribution in [0.2, 0.25) is 0 Å². The molecule has 2 saturated heterocycles. The third kappa shape index (κ3) is 4.62. The summed E-state index contributed by atoms with van der Waals surface area (Å²) in [6.07, 6.45) is 4.62. The number of aryl methyl sites for hydroxylation is 1. The molecule has 138 valence electrons. The first-order chi connectivity index (χ1) is 12.2. The predicted octanol–water partition coefficient (Wildman–Crippen LogP) is 2.90. The van der Waals surface area contributed by atoms with E-state index >= 15 is 0 Å². The van der Waals surface area contributed by atoms with Gasteiger partial charge in [-0.3, -0.25) is 14.6 Å². The molecule has 0 aromatic heterocycles. The summed E-state index contributed by atoms with van der Waals surface area (Å²) >= 11 is 0. The zero-order valence-corrected chi connectivity index (χ0v) is 15.9. The monoisotopic (exact) mass is 343 g/mol. The van der Waals surface area contributed by atoms with Gasteiger partial charge in [-0.25, -0.2) is 0 Å². The summed E-state index contributed by atoms with van der Waals surface area (Å²) in [4.78, 5) is 20.0. The molecule has 4 nitrogen and oxygen atoms in total. The van der Waals surface area contributed by atoms with Crippen molar-refractivity contribution in [2.75, 3.05) is 39.3 Å². The number of piperidine rings is 1. The molecule has 4 heteroatoms. The number of hydrogen-bond donors (Lipinski definition) is 0. The number of likely N-dealkylation sites (tertiary alicyclic amines) is 1. The Labute approximate surface area is 152 Å². The van der Waals surface area contributed by atoms with E-state index in [4.69, 9.17) is 0 Å². The molecule has 0 aliphatic carbocycles. The topological polar surface area (TPSA) is 26.8 Å². The van der Waals surface area contributed by atoms with E-state index in [0.29, 0.717) is 5.91 Å². The molecule has 1 unspecified atom stereocenters. The largest absolute Gasteiger partial charge is 0.339 e. The summed E-state index contributed by atoms with van der Waals surface area (Å²) in [5.41, 5.74) is 2.77. The molecule has 0 N–H and O–H groups in total. The molecule has 1 amide bonds. The SMILES string of the molecule is CCCN1CCCCC1C(=O)N1CCN(Cc2ccccc2C)CC1. The van der Waals surface area contributed by atoms with Crippen molar-refractivity contribution in [2.45, 2.75) is 52.1 Å². The van der Waals surface area contributed by atoms with Crippen LogP contribution in [0.3, 0.4) is 0 Å². The molecule has 0 spiro atoms. The number of rotatable bonds is 5. The summed E-state index contributed by atoms with van der Waals surface area (Å²) in [6.45, 7) is 11.3. The smallest absolute Gasteiger partial charge is 0.240 e. The molecule has 0 saturated carbocycles. The fourth-order valence-electron chi connectivity index (χ4n) is 4.19. The number of benzene rings is 1. The first-order valence-corrected chi connectivity index (χ1v) is 9.98. The third-order valence-electron chi connectivity index (χ3n) is 5.75. The molecule has 2 aliphatic rings. The Balaban J connectivity index is 1.53. The second-order valence-corrected chi connectivity index (χ2v) is 7.58. The summed E-state index contributed by atoms with van der Waals surface area (Å²) < 4.78 is 0. The van der Waals surface area contributed by atoms with Crippen LogP contribution in [0.5, 0.6) is 0 Å². The van der Waals surface area contributed by atoms with Crippen LogP contribution in [0, 0.1) is 6.92 Å². The highest BCUT2D eigenvalue weighted by atomic mass is 16.2. The van der Waals surface area contributed by atoms with Crippen molar-refractivity contribution in [1.82, 2.24) is 14.7 Å². The standard InChI is InChI=1S/C21H33N3O/c1-3-11-23-12-7-6-10-20(23)21(25)24-15-13-22(14-16-24)17-19-9-5-4-8-18(19)2/h4-5,8-9,20H,3,6-7,10-17H2,1-2H3. The minimum atomic E-state index is 0.136. The molecule has 0 radical (unpaired) electrons. The Morgan fingerprint density at radius 1 is 1.08 bits per heavy atom. The van der Waals surface area contributed by atoms with Crippen molar-refractivity contribution in [1.29, 1.82) is 0 Å². The minimum absolute atomic E-state index is 0.136. The number of amides is 1. The molecular formula is C21H33N3O. The summed E-state index contributed by atoms with van der Waals surface area (Å²) in [5.74, 6) is 0.378. The van der Waals surface area contributed by atoms with Crippen molar-refractivity contribution in [3.63, 3.8) is 0 Å². The Morgan fingerprint density at radius 3 is 2.56 bits per heavy atom. The quantitative estimate of drug-likeness (QED) is 0.822. The third-order valence-corrected chi connectivity index (χ3v) is 5.75. The van der Waals surface area contributed by atoms with Gasteiger partial charge in [-0.1, -0.05) is 37.6 Å². The Bertz CT molecular complexity index is 564. The van der Waals surface area contributed by atoms with E-state index in [-0.39, 0.29) is 6.04 Å². The van der Waals surface area contributed by atoms with Crippen molar-refractivity contribution in [3.8, 4) is 0 Å². The predicted molar refractivity (Wildman–Crippen MR) is 103 cm³/mol. The van der Waals surface area contributed by atoms with Gasteiger partial charge in [-0.05, 0) is 50.4 Å². The second kappa shape index (κ2) is 8.81. The number of carbonyl (C=O) groups excluding carboxylic acids is 1. The lowest BCUT2D eigenvalue weighted by Crippen LogP contribution is -2.56. The maximum absolute atomic E-state index is 13.0. The Kier molecular flexibility index (Phi) is 6.49. The van der Waals surface area contributed by atoms with E-state index in [1.54, 1.807) is 0 Å². The lowest BCUT2D eigenvalue weighted by molar-refractivity contribution is -0.140. The van der Waals surface area contributed by atoms with E-state index in [0.717, 1.165) is 58.7 Å². The lowest BCUT2D eigenvalue weighted by atomic mass is 10.00. The fourth-order valence-corrected chi connectivity index (χ4v) is 4.19. The van der Waals surface area contributed by atoms with Crippen molar-refractivity contribution in [3.05, 3.63) is 35.4 Å². The van der Waals surface area contributed by atoms with E-state index in [1.807, 2.05) is 0 Å². The van der Waals surface area contributed by atoms with Crippen molar-refractivity contribution >= 4 is 5.91 Å². The normalized spacial score (nSPS) is 23.0. The van der Waals surface area contributed by atoms with Crippen LogP contribution in [0.25, 0.3) is 0 Å². The molecule has 1 aromatic carbocycles. The van der Waals surface area contributed by atoms with E-state index in [1.165, 1.54) is 24.0 Å². The van der Waals surface area contributed by atoms with E-state index in [2.05, 4.69) is 52.8 Å². The highest BCUT2D eigenvalue weighted by Gasteiger charge is 2.32. The zero-order chi connectivity index (χ0) is 17.6. The first-order valence-electron chi connectivity index (χ1n) is 9.98. The van der Waals surface area contributed by atoms with Crippen molar-refractivity contribution < 1.29 is 4.79 Å². The molecule has 2 heterocycles. The average molecular weight is 344 g/mol. The van der Waals surface area contributed by atoms with Crippen LogP contribution in [-0.4, -0.2) is 65.9 Å². The van der Waals surface area contributed by atoms with Gasteiger partial charge in [0, 0.05) is 32.7 Å². The van der Waals surface area contributed by atoms with Gasteiger partial charge in [-0.15, -0.1) is 0 Å². The zero-order valence-electron chi connectivity index (χ0n) is 15.9. The lowest BCUT2D eigenvalue weighted by Gasteiger charge is -2.41. The van der Waals surface area contributed by atoms with Gasteiger partial charge in [0.25, 0.3) is 0 Å². The molecule has 2 aliphatic heterocycles. The van der Waals surface area contributed by atoms with Gasteiger partial charge >= 0.3 is 0 Å². The van der Waals surface area contributed by atoms with Crippen LogP contribution >= 0.6 is 0 Å². The van der Waals surface area contributed by atoms with Crippen LogP contribution in [0.15, 0.2) is 24.3 Å². The molecule has 1 atom stereocenters. The fraction of sp³-hybridized carbons (Fsp3) is 0.667. The molecule has 1 aromatic rings. The Morgan fingerprint density at radius 2 is 1.84 bits per heavy atom. The molecule has 0 bridgehead atoms. The number of nitrogens with zero attached hydrogens (tertiary/aromatic N) is 3. The maximum atomic E-state index is 13.0. The van der Waals surface area contributed by atoms with Crippen LogP contribution in [-0.2, 0) is 11.3 Å².